The van der Waals surface area contributed by atoms with E-state index in [4.69, 9.17) is 9.72 Å². The molecule has 0 spiro atoms. The summed E-state index contributed by atoms with van der Waals surface area (Å²) in [6, 6.07) is 8.29. The lowest BCUT2D eigenvalue weighted by molar-refractivity contribution is 0.0432. The molecule has 1 saturated heterocycles. The molecule has 2 aliphatic rings. The van der Waals surface area contributed by atoms with Crippen molar-refractivity contribution >= 4 is 17.1 Å². The van der Waals surface area contributed by atoms with Gasteiger partial charge >= 0.3 is 6.03 Å². The average Bonchev–Trinajstić information content (AvgIpc) is 3.16. The first-order valence-electron chi connectivity index (χ1n) is 10.2. The topological polar surface area (TPSA) is 70.2 Å². The summed E-state index contributed by atoms with van der Waals surface area (Å²) in [7, 11) is 1.73. The molecule has 1 saturated carbocycles. The minimum absolute atomic E-state index is 0.0659. The molecular weight excluding hydrogens is 340 g/mol. The molecule has 27 heavy (non-hydrogen) atoms. The van der Waals surface area contributed by atoms with Crippen LogP contribution in [0.1, 0.15) is 50.3 Å². The van der Waals surface area contributed by atoms with E-state index in [1.54, 1.807) is 7.11 Å². The van der Waals surface area contributed by atoms with Crippen molar-refractivity contribution in [2.24, 2.45) is 5.92 Å². The van der Waals surface area contributed by atoms with Gasteiger partial charge in [-0.25, -0.2) is 9.78 Å². The van der Waals surface area contributed by atoms with Gasteiger partial charge in [-0.05, 0) is 56.6 Å². The summed E-state index contributed by atoms with van der Waals surface area (Å²) in [5, 5.41) is 3.15. The number of hydrogen-bond donors (Lipinski definition) is 2. The molecule has 2 N–H and O–H groups in total. The number of para-hydroxylation sites is 2. The number of urea groups is 1. The highest BCUT2D eigenvalue weighted by molar-refractivity contribution is 5.75. The fraction of sp³-hybridized carbons (Fsp3) is 0.619. The van der Waals surface area contributed by atoms with Crippen LogP contribution in [0.3, 0.4) is 0 Å². The van der Waals surface area contributed by atoms with E-state index in [0.29, 0.717) is 18.4 Å². The third kappa shape index (κ3) is 4.26. The Morgan fingerprint density at radius 1 is 1.26 bits per heavy atom. The molecule has 1 atom stereocenters. The number of benzene rings is 1. The van der Waals surface area contributed by atoms with Crippen molar-refractivity contribution in [3.8, 4) is 0 Å². The second kappa shape index (κ2) is 8.30. The van der Waals surface area contributed by atoms with E-state index >= 15 is 0 Å². The van der Waals surface area contributed by atoms with Gasteiger partial charge in [-0.1, -0.05) is 12.1 Å². The third-order valence-electron chi connectivity index (χ3n) is 6.18. The number of ether oxygens (including phenoxy) is 1. The fourth-order valence-electron chi connectivity index (χ4n) is 4.46. The van der Waals surface area contributed by atoms with Gasteiger partial charge in [-0.2, -0.15) is 0 Å². The maximum Gasteiger partial charge on any atom is 0.317 e. The minimum atomic E-state index is 0.0659. The zero-order valence-electron chi connectivity index (χ0n) is 16.1. The number of H-pyrrole nitrogens is 1. The molecule has 146 valence electrons. The number of nitrogens with zero attached hydrogens (tertiary/aromatic N) is 2. The summed E-state index contributed by atoms with van der Waals surface area (Å²) in [5.41, 5.74) is 2.18. The van der Waals surface area contributed by atoms with Gasteiger partial charge in [0.25, 0.3) is 0 Å². The second-order valence-electron chi connectivity index (χ2n) is 7.99. The largest absolute Gasteiger partial charge is 0.380 e. The molecule has 2 heterocycles. The number of amides is 2. The van der Waals surface area contributed by atoms with Crippen LogP contribution in [-0.4, -0.2) is 53.7 Å². The van der Waals surface area contributed by atoms with Gasteiger partial charge in [-0.15, -0.1) is 0 Å². The number of imidazole rings is 1. The standard InChI is InChI=1S/C21H30N4O2/c1-27-17-5-4-12-25(14-17)21(26)22-13-15-8-10-16(11-9-15)20-23-18-6-2-3-7-19(18)24-20/h2-3,6-7,15-17H,4-5,8-14H2,1H3,(H,22,26)(H,23,24). The summed E-state index contributed by atoms with van der Waals surface area (Å²) in [6.45, 7) is 2.32. The van der Waals surface area contributed by atoms with Crippen molar-refractivity contribution in [2.75, 3.05) is 26.7 Å². The van der Waals surface area contributed by atoms with Gasteiger partial charge in [0.2, 0.25) is 0 Å². The summed E-state index contributed by atoms with van der Waals surface area (Å²) in [6.07, 6.45) is 6.81. The fourth-order valence-corrected chi connectivity index (χ4v) is 4.46. The highest BCUT2D eigenvalue weighted by Gasteiger charge is 2.27. The zero-order valence-corrected chi connectivity index (χ0v) is 16.1. The van der Waals surface area contributed by atoms with E-state index in [1.165, 1.54) is 0 Å². The number of aromatic nitrogens is 2. The first kappa shape index (κ1) is 18.3. The van der Waals surface area contributed by atoms with E-state index < -0.39 is 0 Å². The van der Waals surface area contributed by atoms with Gasteiger partial charge in [0.1, 0.15) is 5.82 Å². The van der Waals surface area contributed by atoms with Crippen LogP contribution in [0.2, 0.25) is 0 Å². The molecule has 1 aromatic carbocycles. The summed E-state index contributed by atoms with van der Waals surface area (Å²) in [5.74, 6) is 2.20. The van der Waals surface area contributed by atoms with Crippen LogP contribution in [0.15, 0.2) is 24.3 Å². The number of carbonyl (C=O) groups is 1. The van der Waals surface area contributed by atoms with Crippen LogP contribution in [0.4, 0.5) is 4.79 Å². The quantitative estimate of drug-likeness (QED) is 0.863. The van der Waals surface area contributed by atoms with E-state index in [9.17, 15) is 4.79 Å². The Labute approximate surface area is 160 Å². The molecule has 1 unspecified atom stereocenters. The molecule has 1 aliphatic heterocycles. The van der Waals surface area contributed by atoms with Crippen molar-refractivity contribution in [3.05, 3.63) is 30.1 Å². The highest BCUT2D eigenvalue weighted by Crippen LogP contribution is 2.35. The normalized spacial score (nSPS) is 26.3. The lowest BCUT2D eigenvalue weighted by atomic mass is 9.81. The Kier molecular flexibility index (Phi) is 5.62. The zero-order chi connectivity index (χ0) is 18.6. The van der Waals surface area contributed by atoms with Crippen LogP contribution in [0.25, 0.3) is 11.0 Å². The molecule has 0 bridgehead atoms. The summed E-state index contributed by atoms with van der Waals surface area (Å²) in [4.78, 5) is 22.6. The lowest BCUT2D eigenvalue weighted by Crippen LogP contribution is -2.48. The first-order valence-corrected chi connectivity index (χ1v) is 10.2. The van der Waals surface area contributed by atoms with E-state index in [0.717, 1.165) is 68.5 Å². The Hall–Kier alpha value is -2.08. The van der Waals surface area contributed by atoms with Crippen LogP contribution in [0.5, 0.6) is 0 Å². The van der Waals surface area contributed by atoms with Crippen LogP contribution in [-0.2, 0) is 4.74 Å². The van der Waals surface area contributed by atoms with Crippen molar-refractivity contribution in [1.29, 1.82) is 0 Å². The lowest BCUT2D eigenvalue weighted by Gasteiger charge is -2.33. The molecule has 4 rings (SSSR count). The Balaban J connectivity index is 1.24. The van der Waals surface area contributed by atoms with Crippen molar-refractivity contribution in [3.63, 3.8) is 0 Å². The van der Waals surface area contributed by atoms with Gasteiger partial charge in [0.15, 0.2) is 0 Å². The molecule has 6 heteroatoms. The maximum atomic E-state index is 12.4. The number of likely N-dealkylation sites (tertiary alicyclic amines) is 1. The number of piperidine rings is 1. The molecule has 6 nitrogen and oxygen atoms in total. The van der Waals surface area contributed by atoms with Crippen LogP contribution in [0, 0.1) is 5.92 Å². The maximum absolute atomic E-state index is 12.4. The molecule has 2 fully saturated rings. The molecule has 1 aromatic heterocycles. The number of fused-ring (bicyclic) bond motifs is 1. The Bertz CT molecular complexity index is 733. The smallest absolute Gasteiger partial charge is 0.317 e. The summed E-state index contributed by atoms with van der Waals surface area (Å²) >= 11 is 0. The minimum Gasteiger partial charge on any atom is -0.380 e. The van der Waals surface area contributed by atoms with Crippen molar-refractivity contribution in [1.82, 2.24) is 20.2 Å². The predicted molar refractivity (Wildman–Crippen MR) is 106 cm³/mol. The molecule has 1 aliphatic carbocycles. The van der Waals surface area contributed by atoms with Crippen LogP contribution >= 0.6 is 0 Å². The van der Waals surface area contributed by atoms with Crippen LogP contribution < -0.4 is 5.32 Å². The average molecular weight is 370 g/mol. The number of hydrogen-bond acceptors (Lipinski definition) is 3. The number of methoxy groups -OCH3 is 1. The highest BCUT2D eigenvalue weighted by atomic mass is 16.5. The van der Waals surface area contributed by atoms with Gasteiger partial charge in [-0.3, -0.25) is 0 Å². The van der Waals surface area contributed by atoms with Gasteiger partial charge in [0, 0.05) is 32.7 Å². The van der Waals surface area contributed by atoms with E-state index in [-0.39, 0.29) is 12.1 Å². The predicted octanol–water partition coefficient (Wildman–Crippen LogP) is 3.66. The molecule has 0 radical (unpaired) electrons. The van der Waals surface area contributed by atoms with E-state index in [1.807, 2.05) is 17.0 Å². The summed E-state index contributed by atoms with van der Waals surface area (Å²) < 4.78 is 5.41. The number of nitrogens with one attached hydrogen (secondary N) is 2. The van der Waals surface area contributed by atoms with E-state index in [2.05, 4.69) is 22.4 Å². The molecule has 2 amide bonds. The third-order valence-corrected chi connectivity index (χ3v) is 6.18. The SMILES string of the molecule is COC1CCCN(C(=O)NCC2CCC(c3nc4ccccc4[nH]3)CC2)C1. The number of carbonyl (C=O) groups excluding carboxylic acids is 1. The van der Waals surface area contributed by atoms with Gasteiger partial charge < -0.3 is 19.9 Å². The second-order valence-corrected chi connectivity index (χ2v) is 7.99. The Morgan fingerprint density at radius 2 is 2.07 bits per heavy atom. The van der Waals surface area contributed by atoms with Gasteiger partial charge in [0.05, 0.1) is 17.1 Å². The Morgan fingerprint density at radius 3 is 2.85 bits per heavy atom. The first-order chi connectivity index (χ1) is 13.2. The number of rotatable bonds is 4. The molecular formula is C21H30N4O2. The monoisotopic (exact) mass is 370 g/mol. The number of aromatic amines is 1. The molecule has 2 aromatic rings. The van der Waals surface area contributed by atoms with Crippen molar-refractivity contribution < 1.29 is 9.53 Å². The van der Waals surface area contributed by atoms with Crippen molar-refractivity contribution in [2.45, 2.75) is 50.5 Å².